The molecular weight excluding hydrogens is 384 g/mol. The number of rotatable bonds is 6. The molecule has 1 fully saturated rings. The van der Waals surface area contributed by atoms with E-state index >= 15 is 0 Å². The number of pyridine rings is 1. The molecule has 0 bridgehead atoms. The van der Waals surface area contributed by atoms with Crippen LogP contribution in [0.2, 0.25) is 0 Å². The lowest BCUT2D eigenvalue weighted by atomic mass is 9.81. The average Bonchev–Trinajstić information content (AvgIpc) is 3.27. The van der Waals surface area contributed by atoms with Crippen molar-refractivity contribution in [1.29, 1.82) is 0 Å². The highest BCUT2D eigenvalue weighted by atomic mass is 32.1. The molecule has 152 valence electrons. The summed E-state index contributed by atoms with van der Waals surface area (Å²) in [7, 11) is 0. The number of fused-ring (bicyclic) bond motifs is 1. The quantitative estimate of drug-likeness (QED) is 0.646. The molecule has 0 aliphatic heterocycles. The van der Waals surface area contributed by atoms with E-state index in [0.717, 1.165) is 59.3 Å². The predicted molar refractivity (Wildman–Crippen MR) is 118 cm³/mol. The standard InChI is InChI=1S/C22H26N4O2S/c1-2-26-19-8-7-16(20-12-24-13-29-20)9-17(19)18(10-21(26)27)25-11-14-3-5-15(6-4-14)22(23)28/h7-10,12-15,25H,2-6,11H2,1H3,(H2,23,28). The van der Waals surface area contributed by atoms with E-state index in [0.29, 0.717) is 12.5 Å². The highest BCUT2D eigenvalue weighted by Gasteiger charge is 2.24. The van der Waals surface area contributed by atoms with Gasteiger partial charge in [-0.05, 0) is 56.2 Å². The maximum atomic E-state index is 12.6. The van der Waals surface area contributed by atoms with Crippen LogP contribution >= 0.6 is 11.3 Å². The Balaban J connectivity index is 1.62. The van der Waals surface area contributed by atoms with Crippen LogP contribution in [0.15, 0.2) is 40.8 Å². The van der Waals surface area contributed by atoms with E-state index in [1.807, 2.05) is 24.7 Å². The van der Waals surface area contributed by atoms with E-state index in [2.05, 4.69) is 22.4 Å². The second-order valence-corrected chi connectivity index (χ2v) is 8.63. The van der Waals surface area contributed by atoms with Gasteiger partial charge in [0, 0.05) is 42.3 Å². The molecule has 1 aliphatic carbocycles. The molecule has 0 spiro atoms. The van der Waals surface area contributed by atoms with Crippen molar-refractivity contribution in [3.8, 4) is 10.4 Å². The molecule has 2 heterocycles. The molecule has 0 atom stereocenters. The molecule has 6 nitrogen and oxygen atoms in total. The van der Waals surface area contributed by atoms with Crippen LogP contribution in [0, 0.1) is 11.8 Å². The summed E-state index contributed by atoms with van der Waals surface area (Å²) in [4.78, 5) is 29.3. The summed E-state index contributed by atoms with van der Waals surface area (Å²) in [5, 5.41) is 4.57. The first-order chi connectivity index (χ1) is 14.1. The number of nitrogens with one attached hydrogen (secondary N) is 1. The van der Waals surface area contributed by atoms with E-state index in [1.54, 1.807) is 22.0 Å². The van der Waals surface area contributed by atoms with Gasteiger partial charge in [0.25, 0.3) is 5.56 Å². The number of amides is 1. The van der Waals surface area contributed by atoms with Gasteiger partial charge in [-0.1, -0.05) is 6.07 Å². The van der Waals surface area contributed by atoms with Gasteiger partial charge in [-0.2, -0.15) is 0 Å². The third kappa shape index (κ3) is 4.05. The molecular formula is C22H26N4O2S. The van der Waals surface area contributed by atoms with Gasteiger partial charge in [-0.3, -0.25) is 14.6 Å². The molecule has 29 heavy (non-hydrogen) atoms. The SMILES string of the molecule is CCn1c(=O)cc(NCC2CCC(C(N)=O)CC2)c2cc(-c3cncs3)ccc21. The van der Waals surface area contributed by atoms with Crippen LogP contribution in [0.5, 0.6) is 0 Å². The van der Waals surface area contributed by atoms with Crippen LogP contribution in [0.4, 0.5) is 5.69 Å². The second kappa shape index (κ2) is 8.37. The van der Waals surface area contributed by atoms with Crippen molar-refractivity contribution in [3.05, 3.63) is 46.3 Å². The predicted octanol–water partition coefficient (Wildman–Crippen LogP) is 3.85. The van der Waals surface area contributed by atoms with Gasteiger partial charge in [-0.15, -0.1) is 11.3 Å². The monoisotopic (exact) mass is 410 g/mol. The number of anilines is 1. The first-order valence-electron chi connectivity index (χ1n) is 10.2. The Morgan fingerprint density at radius 2 is 2.07 bits per heavy atom. The van der Waals surface area contributed by atoms with Gasteiger partial charge in [0.15, 0.2) is 0 Å². The van der Waals surface area contributed by atoms with Crippen LogP contribution in [0.3, 0.4) is 0 Å². The lowest BCUT2D eigenvalue weighted by molar-refractivity contribution is -0.122. The maximum absolute atomic E-state index is 12.6. The summed E-state index contributed by atoms with van der Waals surface area (Å²) >= 11 is 1.60. The van der Waals surface area contributed by atoms with Crippen molar-refractivity contribution >= 4 is 33.8 Å². The smallest absolute Gasteiger partial charge is 0.253 e. The Bertz CT molecular complexity index is 1070. The Labute approximate surface area is 173 Å². The summed E-state index contributed by atoms with van der Waals surface area (Å²) in [6.07, 6.45) is 5.55. The number of hydrogen-bond acceptors (Lipinski definition) is 5. The van der Waals surface area contributed by atoms with Crippen LogP contribution in [-0.2, 0) is 11.3 Å². The zero-order valence-corrected chi connectivity index (χ0v) is 17.4. The summed E-state index contributed by atoms with van der Waals surface area (Å²) < 4.78 is 1.80. The van der Waals surface area contributed by atoms with E-state index in [9.17, 15) is 9.59 Å². The fourth-order valence-electron chi connectivity index (χ4n) is 4.27. The number of thiazole rings is 1. The number of primary amides is 1. The van der Waals surface area contributed by atoms with E-state index in [-0.39, 0.29) is 17.4 Å². The number of aryl methyl sites for hydroxylation is 1. The highest BCUT2D eigenvalue weighted by Crippen LogP contribution is 2.32. The minimum Gasteiger partial charge on any atom is -0.384 e. The van der Waals surface area contributed by atoms with Crippen molar-refractivity contribution in [1.82, 2.24) is 9.55 Å². The normalized spacial score (nSPS) is 19.3. The zero-order valence-electron chi connectivity index (χ0n) is 16.6. The van der Waals surface area contributed by atoms with Crippen molar-refractivity contribution in [2.24, 2.45) is 17.6 Å². The van der Waals surface area contributed by atoms with Gasteiger partial charge in [0.2, 0.25) is 5.91 Å². The maximum Gasteiger partial charge on any atom is 0.253 e. The molecule has 1 aliphatic rings. The minimum atomic E-state index is -0.179. The topological polar surface area (TPSA) is 90.0 Å². The largest absolute Gasteiger partial charge is 0.384 e. The number of nitrogens with two attached hydrogens (primary N) is 1. The van der Waals surface area contributed by atoms with Crippen LogP contribution in [0.25, 0.3) is 21.3 Å². The molecule has 7 heteroatoms. The fourth-order valence-corrected chi connectivity index (χ4v) is 4.89. The Morgan fingerprint density at radius 3 is 2.72 bits per heavy atom. The Kier molecular flexibility index (Phi) is 5.67. The molecule has 3 aromatic rings. The van der Waals surface area contributed by atoms with E-state index < -0.39 is 0 Å². The molecule has 4 rings (SSSR count). The number of nitrogens with zero attached hydrogens (tertiary/aromatic N) is 2. The zero-order chi connectivity index (χ0) is 20.4. The van der Waals surface area contributed by atoms with Crippen molar-refractivity contribution < 1.29 is 4.79 Å². The summed E-state index contributed by atoms with van der Waals surface area (Å²) in [5.74, 6) is 0.322. The van der Waals surface area contributed by atoms with Gasteiger partial charge in [0.05, 0.1) is 15.9 Å². The third-order valence-corrected chi connectivity index (χ3v) is 6.80. The number of hydrogen-bond donors (Lipinski definition) is 2. The lowest BCUT2D eigenvalue weighted by Gasteiger charge is -2.27. The second-order valence-electron chi connectivity index (χ2n) is 7.74. The first kappa shape index (κ1) is 19.6. The molecule has 0 saturated heterocycles. The number of benzene rings is 1. The van der Waals surface area contributed by atoms with Crippen molar-refractivity contribution in [2.45, 2.75) is 39.2 Å². The molecule has 2 aromatic heterocycles. The highest BCUT2D eigenvalue weighted by molar-refractivity contribution is 7.13. The summed E-state index contributed by atoms with van der Waals surface area (Å²) in [6.45, 7) is 3.41. The Morgan fingerprint density at radius 1 is 1.28 bits per heavy atom. The van der Waals surface area contributed by atoms with Crippen LogP contribution in [0.1, 0.15) is 32.6 Å². The third-order valence-electron chi connectivity index (χ3n) is 5.97. The molecule has 1 aromatic carbocycles. The number of carbonyl (C=O) groups excluding carboxylic acids is 1. The van der Waals surface area contributed by atoms with Gasteiger partial charge >= 0.3 is 0 Å². The number of aromatic nitrogens is 2. The molecule has 1 amide bonds. The molecule has 0 radical (unpaired) electrons. The van der Waals surface area contributed by atoms with Gasteiger partial charge in [-0.25, -0.2) is 0 Å². The van der Waals surface area contributed by atoms with Crippen molar-refractivity contribution in [3.63, 3.8) is 0 Å². The first-order valence-corrected chi connectivity index (χ1v) is 11.0. The van der Waals surface area contributed by atoms with Crippen molar-refractivity contribution in [2.75, 3.05) is 11.9 Å². The lowest BCUT2D eigenvalue weighted by Crippen LogP contribution is -2.29. The average molecular weight is 411 g/mol. The van der Waals surface area contributed by atoms with Gasteiger partial charge < -0.3 is 15.6 Å². The fraction of sp³-hybridized carbons (Fsp3) is 0.409. The Hall–Kier alpha value is -2.67. The van der Waals surface area contributed by atoms with Crippen LogP contribution < -0.4 is 16.6 Å². The summed E-state index contributed by atoms with van der Waals surface area (Å²) in [6, 6.07) is 7.92. The van der Waals surface area contributed by atoms with E-state index in [1.165, 1.54) is 0 Å². The van der Waals surface area contributed by atoms with E-state index in [4.69, 9.17) is 5.73 Å². The minimum absolute atomic E-state index is 0.00507. The molecule has 3 N–H and O–H groups in total. The summed E-state index contributed by atoms with van der Waals surface area (Å²) in [5.41, 5.74) is 10.2. The molecule has 1 saturated carbocycles. The molecule has 0 unspecified atom stereocenters. The van der Waals surface area contributed by atoms with Crippen LogP contribution in [-0.4, -0.2) is 22.0 Å². The number of carbonyl (C=O) groups is 1. The van der Waals surface area contributed by atoms with Gasteiger partial charge in [0.1, 0.15) is 0 Å².